The summed E-state index contributed by atoms with van der Waals surface area (Å²) in [6.45, 7) is 1.82. The molecule has 0 saturated heterocycles. The Hall–Kier alpha value is -3.68. The number of carbonyl (C=O) groups excluding carboxylic acids is 1. The summed E-state index contributed by atoms with van der Waals surface area (Å²) in [5.41, 5.74) is 2.09. The number of amides is 1. The maximum absolute atomic E-state index is 14.0. The van der Waals surface area contributed by atoms with Crippen LogP contribution in [0.4, 0.5) is 10.2 Å². The first-order valence-electron chi connectivity index (χ1n) is 9.00. The Balaban J connectivity index is 1.55. The number of anilines is 1. The van der Waals surface area contributed by atoms with Gasteiger partial charge in [0.1, 0.15) is 17.1 Å². The van der Waals surface area contributed by atoms with E-state index in [0.29, 0.717) is 23.3 Å². The van der Waals surface area contributed by atoms with E-state index in [0.717, 1.165) is 16.5 Å². The molecule has 0 aliphatic carbocycles. The molecule has 0 spiro atoms. The molecule has 2 aromatic carbocycles. The van der Waals surface area contributed by atoms with Crippen LogP contribution in [0.3, 0.4) is 0 Å². The maximum Gasteiger partial charge on any atom is 0.336 e. The van der Waals surface area contributed by atoms with E-state index in [4.69, 9.17) is 9.15 Å². The molecular formula is C21H18FN3O4. The van der Waals surface area contributed by atoms with Gasteiger partial charge in [0.15, 0.2) is 5.82 Å². The quantitative estimate of drug-likeness (QED) is 0.502. The molecule has 2 N–H and O–H groups in total. The van der Waals surface area contributed by atoms with E-state index in [9.17, 15) is 14.0 Å². The highest BCUT2D eigenvalue weighted by Gasteiger charge is 2.15. The van der Waals surface area contributed by atoms with Gasteiger partial charge in [0.05, 0.1) is 18.0 Å². The normalized spacial score (nSPS) is 11.1. The Kier molecular flexibility index (Phi) is 4.75. The van der Waals surface area contributed by atoms with E-state index in [1.54, 1.807) is 18.2 Å². The van der Waals surface area contributed by atoms with E-state index in [2.05, 4.69) is 15.5 Å². The van der Waals surface area contributed by atoms with Gasteiger partial charge in [0.25, 0.3) is 0 Å². The van der Waals surface area contributed by atoms with Gasteiger partial charge in [-0.3, -0.25) is 9.89 Å². The standard InChI is InChI=1S/C21H18FN3O4/c1-11-8-19(27)29-17-10-16(28-2)12(9-13(11)17)6-7-18(26)23-21-20-14(22)4-3-5-15(20)24-25-21/h3-5,8-10H,6-7H2,1-2H3,(H2,23,24,25,26). The molecule has 0 saturated carbocycles. The lowest BCUT2D eigenvalue weighted by atomic mass is 10.0. The Morgan fingerprint density at radius 2 is 2.14 bits per heavy atom. The lowest BCUT2D eigenvalue weighted by molar-refractivity contribution is -0.116. The molecule has 2 heterocycles. The van der Waals surface area contributed by atoms with Gasteiger partial charge in [-0.25, -0.2) is 9.18 Å². The molecule has 148 valence electrons. The van der Waals surface area contributed by atoms with Crippen molar-refractivity contribution in [2.75, 3.05) is 12.4 Å². The number of carbonyl (C=O) groups is 1. The Morgan fingerprint density at radius 3 is 2.93 bits per heavy atom. The summed E-state index contributed by atoms with van der Waals surface area (Å²) in [7, 11) is 1.51. The van der Waals surface area contributed by atoms with E-state index in [1.807, 2.05) is 13.0 Å². The molecular weight excluding hydrogens is 377 g/mol. The number of ether oxygens (including phenoxy) is 1. The Morgan fingerprint density at radius 1 is 1.31 bits per heavy atom. The number of benzene rings is 2. The van der Waals surface area contributed by atoms with Crippen LogP contribution in [-0.4, -0.2) is 23.2 Å². The number of halogens is 1. The zero-order valence-electron chi connectivity index (χ0n) is 15.8. The molecule has 0 bridgehead atoms. The molecule has 4 aromatic rings. The molecule has 4 rings (SSSR count). The zero-order chi connectivity index (χ0) is 20.5. The van der Waals surface area contributed by atoms with Crippen molar-refractivity contribution in [3.8, 4) is 5.75 Å². The number of methoxy groups -OCH3 is 1. The number of hydrogen-bond acceptors (Lipinski definition) is 5. The smallest absolute Gasteiger partial charge is 0.336 e. The molecule has 0 atom stereocenters. The van der Waals surface area contributed by atoms with Crippen molar-refractivity contribution in [3.63, 3.8) is 0 Å². The number of fused-ring (bicyclic) bond motifs is 2. The minimum atomic E-state index is -0.459. The molecule has 29 heavy (non-hydrogen) atoms. The van der Waals surface area contributed by atoms with Crippen LogP contribution in [0.5, 0.6) is 5.75 Å². The van der Waals surface area contributed by atoms with Gasteiger partial charge in [-0.15, -0.1) is 0 Å². The highest BCUT2D eigenvalue weighted by molar-refractivity contribution is 5.99. The van der Waals surface area contributed by atoms with Crippen LogP contribution in [-0.2, 0) is 11.2 Å². The van der Waals surface area contributed by atoms with Gasteiger partial charge in [-0.1, -0.05) is 6.07 Å². The first-order valence-corrected chi connectivity index (χ1v) is 9.00. The summed E-state index contributed by atoms with van der Waals surface area (Å²) in [5, 5.41) is 10.4. The summed E-state index contributed by atoms with van der Waals surface area (Å²) in [6, 6.07) is 9.48. The van der Waals surface area contributed by atoms with E-state index in [-0.39, 0.29) is 23.5 Å². The molecule has 0 radical (unpaired) electrons. The van der Waals surface area contributed by atoms with Gasteiger partial charge in [-0.05, 0) is 42.7 Å². The van der Waals surface area contributed by atoms with E-state index >= 15 is 0 Å². The number of nitrogens with zero attached hydrogens (tertiary/aromatic N) is 1. The van der Waals surface area contributed by atoms with Crippen molar-refractivity contribution in [1.29, 1.82) is 0 Å². The molecule has 0 aliphatic rings. The van der Waals surface area contributed by atoms with Crippen LogP contribution in [0.15, 0.2) is 45.6 Å². The highest BCUT2D eigenvalue weighted by atomic mass is 19.1. The minimum Gasteiger partial charge on any atom is -0.496 e. The third-order valence-electron chi connectivity index (χ3n) is 4.77. The van der Waals surface area contributed by atoms with Crippen LogP contribution >= 0.6 is 0 Å². The minimum absolute atomic E-state index is 0.139. The van der Waals surface area contributed by atoms with Crippen LogP contribution in [0.1, 0.15) is 17.5 Å². The third kappa shape index (κ3) is 3.56. The van der Waals surface area contributed by atoms with Crippen LogP contribution in [0.25, 0.3) is 21.9 Å². The fraction of sp³-hybridized carbons (Fsp3) is 0.190. The summed E-state index contributed by atoms with van der Waals surface area (Å²) < 4.78 is 24.6. The number of H-pyrrole nitrogens is 1. The second-order valence-electron chi connectivity index (χ2n) is 6.69. The summed E-state index contributed by atoms with van der Waals surface area (Å²) in [4.78, 5) is 24.0. The molecule has 8 heteroatoms. The van der Waals surface area contributed by atoms with Gasteiger partial charge in [-0.2, -0.15) is 5.10 Å². The van der Waals surface area contributed by atoms with Crippen molar-refractivity contribution in [1.82, 2.24) is 10.2 Å². The number of aromatic amines is 1. The van der Waals surface area contributed by atoms with Crippen molar-refractivity contribution in [3.05, 3.63) is 63.8 Å². The van der Waals surface area contributed by atoms with Crippen molar-refractivity contribution in [2.45, 2.75) is 19.8 Å². The zero-order valence-corrected chi connectivity index (χ0v) is 15.8. The first kappa shape index (κ1) is 18.7. The molecule has 1 amide bonds. The monoisotopic (exact) mass is 395 g/mol. The number of hydrogen-bond donors (Lipinski definition) is 2. The predicted octanol–water partition coefficient (Wildman–Crippen LogP) is 3.70. The number of rotatable bonds is 5. The lowest BCUT2D eigenvalue weighted by Gasteiger charge is -2.11. The second kappa shape index (κ2) is 7.38. The van der Waals surface area contributed by atoms with Crippen molar-refractivity contribution < 1.29 is 18.3 Å². The average Bonchev–Trinajstić information content (AvgIpc) is 3.10. The number of aromatic nitrogens is 2. The lowest BCUT2D eigenvalue weighted by Crippen LogP contribution is -2.13. The van der Waals surface area contributed by atoms with Gasteiger partial charge in [0.2, 0.25) is 5.91 Å². The topological polar surface area (TPSA) is 97.2 Å². The van der Waals surface area contributed by atoms with Crippen LogP contribution in [0, 0.1) is 12.7 Å². The fourth-order valence-corrected chi connectivity index (χ4v) is 3.34. The van der Waals surface area contributed by atoms with Crippen molar-refractivity contribution >= 4 is 33.6 Å². The molecule has 7 nitrogen and oxygen atoms in total. The molecule has 0 unspecified atom stereocenters. The van der Waals surface area contributed by atoms with Crippen molar-refractivity contribution in [2.24, 2.45) is 0 Å². The van der Waals surface area contributed by atoms with E-state index in [1.165, 1.54) is 19.2 Å². The maximum atomic E-state index is 14.0. The third-order valence-corrected chi connectivity index (χ3v) is 4.77. The first-order chi connectivity index (χ1) is 14.0. The average molecular weight is 395 g/mol. The number of aryl methyl sites for hydroxylation is 2. The Labute approximate surface area is 164 Å². The summed E-state index contributed by atoms with van der Waals surface area (Å²) >= 11 is 0. The predicted molar refractivity (Wildman–Crippen MR) is 107 cm³/mol. The Bertz CT molecular complexity index is 1290. The largest absolute Gasteiger partial charge is 0.496 e. The highest BCUT2D eigenvalue weighted by Crippen LogP contribution is 2.28. The number of nitrogens with one attached hydrogen (secondary N) is 2. The SMILES string of the molecule is COc1cc2oc(=O)cc(C)c2cc1CCC(=O)Nc1n[nH]c2cccc(F)c12. The fourth-order valence-electron chi connectivity index (χ4n) is 3.34. The van der Waals surface area contributed by atoms with Gasteiger partial charge in [0, 0.05) is 23.9 Å². The van der Waals surface area contributed by atoms with Crippen LogP contribution < -0.4 is 15.7 Å². The second-order valence-corrected chi connectivity index (χ2v) is 6.69. The summed E-state index contributed by atoms with van der Waals surface area (Å²) in [6.07, 6.45) is 0.523. The molecule has 0 fully saturated rings. The molecule has 2 aromatic heterocycles. The van der Waals surface area contributed by atoms with Gasteiger partial charge >= 0.3 is 5.63 Å². The van der Waals surface area contributed by atoms with Gasteiger partial charge < -0.3 is 14.5 Å². The van der Waals surface area contributed by atoms with E-state index < -0.39 is 11.4 Å². The van der Waals surface area contributed by atoms with Crippen LogP contribution in [0.2, 0.25) is 0 Å². The molecule has 0 aliphatic heterocycles. The summed E-state index contributed by atoms with van der Waals surface area (Å²) in [5.74, 6) is -0.0821.